The highest BCUT2D eigenvalue weighted by Gasteiger charge is 2.22. The van der Waals surface area contributed by atoms with Crippen molar-refractivity contribution in [1.82, 2.24) is 0 Å². The van der Waals surface area contributed by atoms with Gasteiger partial charge in [-0.3, -0.25) is 9.59 Å². The molecule has 0 radical (unpaired) electrons. The van der Waals surface area contributed by atoms with Gasteiger partial charge in [0.05, 0.1) is 11.0 Å². The first kappa shape index (κ1) is 9.13. The van der Waals surface area contributed by atoms with Crippen LogP contribution in [0.1, 0.15) is 12.8 Å². The molecule has 0 bridgehead atoms. The number of rotatable bonds is 4. The van der Waals surface area contributed by atoms with E-state index < -0.39 is 0 Å². The Kier molecular flexibility index (Phi) is 4.01. The van der Waals surface area contributed by atoms with Gasteiger partial charge in [-0.2, -0.15) is 11.8 Å². The van der Waals surface area contributed by atoms with Crippen LogP contribution in [0.15, 0.2) is 0 Å². The minimum atomic E-state index is 0.183. The van der Waals surface area contributed by atoms with Crippen molar-refractivity contribution in [2.24, 2.45) is 0 Å². The third-order valence-corrected chi connectivity index (χ3v) is 3.60. The van der Waals surface area contributed by atoms with Crippen molar-refractivity contribution in [2.75, 3.05) is 11.5 Å². The number of hydrogen-bond donors (Lipinski definition) is 0. The largest absolute Gasteiger partial charge is 0.298 e. The van der Waals surface area contributed by atoms with Crippen LogP contribution in [0.25, 0.3) is 0 Å². The maximum Gasteiger partial charge on any atom is 0.176 e. The van der Waals surface area contributed by atoms with E-state index in [1.54, 1.807) is 11.8 Å². The van der Waals surface area contributed by atoms with E-state index in [0.29, 0.717) is 5.75 Å². The SMILES string of the molecule is O=CSCC(=O)C1CCCS1. The van der Waals surface area contributed by atoms with E-state index in [1.165, 1.54) is 0 Å². The minimum Gasteiger partial charge on any atom is -0.298 e. The minimum absolute atomic E-state index is 0.183. The van der Waals surface area contributed by atoms with E-state index in [1.807, 2.05) is 0 Å². The second-order valence-electron chi connectivity index (χ2n) is 2.38. The molecule has 0 saturated carbocycles. The van der Waals surface area contributed by atoms with Gasteiger partial charge in [-0.1, -0.05) is 11.8 Å². The molecule has 1 fully saturated rings. The Morgan fingerprint density at radius 1 is 1.73 bits per heavy atom. The molecule has 0 aliphatic carbocycles. The number of ketones is 1. The molecule has 0 aromatic carbocycles. The summed E-state index contributed by atoms with van der Waals surface area (Å²) in [7, 11) is 0. The fraction of sp³-hybridized carbons (Fsp3) is 0.714. The smallest absolute Gasteiger partial charge is 0.176 e. The first-order valence-electron chi connectivity index (χ1n) is 3.54. The van der Waals surface area contributed by atoms with Crippen molar-refractivity contribution < 1.29 is 9.59 Å². The second kappa shape index (κ2) is 4.83. The highest BCUT2D eigenvalue weighted by molar-refractivity contribution is 8.12. The predicted molar refractivity (Wildman–Crippen MR) is 49.7 cm³/mol. The van der Waals surface area contributed by atoms with Gasteiger partial charge in [-0.25, -0.2) is 0 Å². The molecule has 0 aromatic heterocycles. The Hall–Kier alpha value is 0.0400. The van der Waals surface area contributed by atoms with Gasteiger partial charge in [0.2, 0.25) is 0 Å². The Labute approximate surface area is 74.5 Å². The van der Waals surface area contributed by atoms with Crippen molar-refractivity contribution in [3.8, 4) is 0 Å². The summed E-state index contributed by atoms with van der Waals surface area (Å²) in [5, 5.41) is 0.183. The molecule has 1 heterocycles. The molecule has 11 heavy (non-hydrogen) atoms. The van der Waals surface area contributed by atoms with Crippen LogP contribution in [-0.4, -0.2) is 28.2 Å². The van der Waals surface area contributed by atoms with Gasteiger partial charge >= 0.3 is 0 Å². The molecule has 0 amide bonds. The zero-order valence-electron chi connectivity index (χ0n) is 6.12. The standard InChI is InChI=1S/C7H10O2S2/c8-5-10-4-6(9)7-2-1-3-11-7/h5,7H,1-4H2. The quantitative estimate of drug-likeness (QED) is 0.627. The average Bonchev–Trinajstić information content (AvgIpc) is 2.52. The Balaban J connectivity index is 2.22. The summed E-state index contributed by atoms with van der Waals surface area (Å²) in [5.74, 6) is 1.69. The Bertz CT molecular complexity index is 153. The molecule has 1 rings (SSSR count). The van der Waals surface area contributed by atoms with Crippen molar-refractivity contribution in [3.05, 3.63) is 0 Å². The van der Waals surface area contributed by atoms with E-state index in [9.17, 15) is 9.59 Å². The molecule has 62 valence electrons. The number of Topliss-reactive ketones (excluding diaryl/α,β-unsaturated/α-hetero) is 1. The number of hydrogen-bond acceptors (Lipinski definition) is 4. The van der Waals surface area contributed by atoms with E-state index in [0.717, 1.165) is 36.0 Å². The lowest BCUT2D eigenvalue weighted by molar-refractivity contribution is -0.116. The van der Waals surface area contributed by atoms with Crippen LogP contribution in [0, 0.1) is 0 Å². The molecule has 1 unspecified atom stereocenters. The van der Waals surface area contributed by atoms with Gasteiger partial charge in [0.15, 0.2) is 11.4 Å². The monoisotopic (exact) mass is 190 g/mol. The molecular weight excluding hydrogens is 180 g/mol. The van der Waals surface area contributed by atoms with Crippen LogP contribution in [0.2, 0.25) is 0 Å². The third kappa shape index (κ3) is 2.87. The zero-order valence-corrected chi connectivity index (χ0v) is 7.75. The first-order valence-corrected chi connectivity index (χ1v) is 5.64. The highest BCUT2D eigenvalue weighted by atomic mass is 32.2. The molecule has 1 aliphatic heterocycles. The molecule has 1 atom stereocenters. The lowest BCUT2D eigenvalue weighted by Crippen LogP contribution is -2.15. The van der Waals surface area contributed by atoms with Crippen molar-refractivity contribution in [2.45, 2.75) is 18.1 Å². The van der Waals surface area contributed by atoms with Gasteiger partial charge in [0.1, 0.15) is 0 Å². The maximum atomic E-state index is 11.2. The second-order valence-corrected chi connectivity index (χ2v) is 4.50. The number of thioether (sulfide) groups is 2. The number of carbonyl (C=O) groups excluding carboxylic acids is 2. The van der Waals surface area contributed by atoms with Crippen LogP contribution in [-0.2, 0) is 9.59 Å². The van der Waals surface area contributed by atoms with E-state index in [4.69, 9.17) is 0 Å². The van der Waals surface area contributed by atoms with Gasteiger partial charge < -0.3 is 0 Å². The van der Waals surface area contributed by atoms with Crippen molar-refractivity contribution in [3.63, 3.8) is 0 Å². The van der Waals surface area contributed by atoms with Crippen LogP contribution in [0.4, 0.5) is 0 Å². The first-order chi connectivity index (χ1) is 5.34. The predicted octanol–water partition coefficient (Wildman–Crippen LogP) is 1.37. The summed E-state index contributed by atoms with van der Waals surface area (Å²) in [6, 6.07) is 0. The summed E-state index contributed by atoms with van der Waals surface area (Å²) in [6.07, 6.45) is 2.15. The van der Waals surface area contributed by atoms with Gasteiger partial charge in [-0.15, -0.1) is 0 Å². The van der Waals surface area contributed by atoms with Crippen LogP contribution < -0.4 is 0 Å². The molecule has 1 saturated heterocycles. The van der Waals surface area contributed by atoms with Gasteiger partial charge in [0, 0.05) is 0 Å². The van der Waals surface area contributed by atoms with Crippen molar-refractivity contribution >= 4 is 34.9 Å². The van der Waals surface area contributed by atoms with Crippen molar-refractivity contribution in [1.29, 1.82) is 0 Å². The molecule has 0 N–H and O–H groups in total. The maximum absolute atomic E-state index is 11.2. The molecule has 1 aliphatic rings. The van der Waals surface area contributed by atoms with Crippen LogP contribution in [0.3, 0.4) is 0 Å². The lowest BCUT2D eigenvalue weighted by Gasteiger charge is -2.03. The van der Waals surface area contributed by atoms with Crippen LogP contribution >= 0.6 is 23.5 Å². The van der Waals surface area contributed by atoms with Gasteiger partial charge in [0.25, 0.3) is 0 Å². The Morgan fingerprint density at radius 2 is 2.55 bits per heavy atom. The van der Waals surface area contributed by atoms with Gasteiger partial charge in [-0.05, 0) is 18.6 Å². The molecule has 2 nitrogen and oxygen atoms in total. The summed E-state index contributed by atoms with van der Waals surface area (Å²) in [5.41, 5.74) is 0.734. The molecule has 0 aromatic rings. The summed E-state index contributed by atoms with van der Waals surface area (Å²) >= 11 is 2.78. The summed E-state index contributed by atoms with van der Waals surface area (Å²) < 4.78 is 0. The Morgan fingerprint density at radius 3 is 3.09 bits per heavy atom. The lowest BCUT2D eigenvalue weighted by atomic mass is 10.2. The molecule has 0 spiro atoms. The van der Waals surface area contributed by atoms with E-state index >= 15 is 0 Å². The molecular formula is C7H10O2S2. The average molecular weight is 190 g/mol. The molecule has 4 heteroatoms. The fourth-order valence-electron chi connectivity index (χ4n) is 1.04. The summed E-state index contributed by atoms with van der Waals surface area (Å²) in [4.78, 5) is 21.1. The zero-order chi connectivity index (χ0) is 8.10. The highest BCUT2D eigenvalue weighted by Crippen LogP contribution is 2.27. The normalized spacial score (nSPS) is 23.5. The van der Waals surface area contributed by atoms with E-state index in [-0.39, 0.29) is 11.0 Å². The number of carbonyl (C=O) groups is 2. The van der Waals surface area contributed by atoms with Crippen LogP contribution in [0.5, 0.6) is 0 Å². The van der Waals surface area contributed by atoms with E-state index in [2.05, 4.69) is 0 Å². The topological polar surface area (TPSA) is 34.1 Å². The summed E-state index contributed by atoms with van der Waals surface area (Å²) in [6.45, 7) is 0. The fourth-order valence-corrected chi connectivity index (χ4v) is 2.80. The third-order valence-electron chi connectivity index (χ3n) is 1.58.